The number of hydrogen-bond acceptors (Lipinski definition) is 3. The van der Waals surface area contributed by atoms with Gasteiger partial charge in [-0.15, -0.1) is 0 Å². The lowest BCUT2D eigenvalue weighted by atomic mass is 10.1. The normalized spacial score (nSPS) is 15.3. The van der Waals surface area contributed by atoms with E-state index in [0.29, 0.717) is 38.6 Å². The first kappa shape index (κ1) is 17.5. The fourth-order valence-electron chi connectivity index (χ4n) is 2.81. The predicted molar refractivity (Wildman–Crippen MR) is 90.8 cm³/mol. The zero-order chi connectivity index (χ0) is 16.7. The number of amides is 2. The van der Waals surface area contributed by atoms with E-state index in [2.05, 4.69) is 30.9 Å². The SMILES string of the molecule is CC(C)N(CCC(=O)N1CCN(C=O)CC1)Cc1ccccc1. The van der Waals surface area contributed by atoms with Crippen LogP contribution in [-0.2, 0) is 16.1 Å². The second kappa shape index (κ2) is 8.67. The van der Waals surface area contributed by atoms with Crippen LogP contribution in [0.1, 0.15) is 25.8 Å². The monoisotopic (exact) mass is 317 g/mol. The molecule has 2 rings (SSSR count). The van der Waals surface area contributed by atoms with Gasteiger partial charge in [-0.1, -0.05) is 30.3 Å². The Morgan fingerprint density at radius 2 is 1.83 bits per heavy atom. The first-order valence-electron chi connectivity index (χ1n) is 8.35. The highest BCUT2D eigenvalue weighted by Gasteiger charge is 2.21. The Labute approximate surface area is 138 Å². The molecular formula is C18H27N3O2. The van der Waals surface area contributed by atoms with Gasteiger partial charge >= 0.3 is 0 Å². The molecule has 1 aromatic carbocycles. The molecule has 0 aromatic heterocycles. The molecule has 0 saturated carbocycles. The van der Waals surface area contributed by atoms with E-state index in [1.54, 1.807) is 4.90 Å². The molecule has 1 fully saturated rings. The molecule has 0 bridgehead atoms. The van der Waals surface area contributed by atoms with Crippen molar-refractivity contribution in [2.45, 2.75) is 32.9 Å². The molecular weight excluding hydrogens is 290 g/mol. The van der Waals surface area contributed by atoms with Crippen LogP contribution in [-0.4, -0.2) is 65.8 Å². The predicted octanol–water partition coefficient (Wildman–Crippen LogP) is 1.59. The minimum atomic E-state index is 0.189. The molecule has 1 saturated heterocycles. The van der Waals surface area contributed by atoms with E-state index in [1.165, 1.54) is 5.56 Å². The quantitative estimate of drug-likeness (QED) is 0.717. The first-order valence-corrected chi connectivity index (χ1v) is 8.35. The van der Waals surface area contributed by atoms with E-state index in [1.807, 2.05) is 23.1 Å². The molecule has 0 spiro atoms. The first-order chi connectivity index (χ1) is 11.1. The van der Waals surface area contributed by atoms with Crippen LogP contribution in [0.3, 0.4) is 0 Å². The lowest BCUT2D eigenvalue weighted by Gasteiger charge is -2.33. The molecule has 1 aromatic rings. The van der Waals surface area contributed by atoms with Crippen molar-refractivity contribution in [2.24, 2.45) is 0 Å². The van der Waals surface area contributed by atoms with E-state index in [9.17, 15) is 9.59 Å². The molecule has 0 unspecified atom stereocenters. The van der Waals surface area contributed by atoms with Crippen molar-refractivity contribution in [2.75, 3.05) is 32.7 Å². The van der Waals surface area contributed by atoms with E-state index in [4.69, 9.17) is 0 Å². The summed E-state index contributed by atoms with van der Waals surface area (Å²) < 4.78 is 0. The fourth-order valence-corrected chi connectivity index (χ4v) is 2.81. The highest BCUT2D eigenvalue weighted by atomic mass is 16.2. The molecule has 23 heavy (non-hydrogen) atoms. The molecule has 2 amide bonds. The van der Waals surface area contributed by atoms with Crippen LogP contribution in [0.2, 0.25) is 0 Å². The van der Waals surface area contributed by atoms with Gasteiger partial charge in [0.2, 0.25) is 12.3 Å². The van der Waals surface area contributed by atoms with E-state index in [0.717, 1.165) is 19.5 Å². The van der Waals surface area contributed by atoms with Gasteiger partial charge in [0.25, 0.3) is 0 Å². The molecule has 0 N–H and O–H groups in total. The lowest BCUT2D eigenvalue weighted by Crippen LogP contribution is -2.48. The molecule has 0 radical (unpaired) electrons. The third kappa shape index (κ3) is 5.36. The zero-order valence-electron chi connectivity index (χ0n) is 14.1. The maximum Gasteiger partial charge on any atom is 0.223 e. The molecule has 5 nitrogen and oxygen atoms in total. The van der Waals surface area contributed by atoms with E-state index < -0.39 is 0 Å². The zero-order valence-corrected chi connectivity index (χ0v) is 14.1. The molecule has 1 aliphatic heterocycles. The Morgan fingerprint density at radius 1 is 1.17 bits per heavy atom. The Bertz CT molecular complexity index is 496. The average Bonchev–Trinajstić information content (AvgIpc) is 2.59. The van der Waals surface area contributed by atoms with Gasteiger partial charge in [0.15, 0.2) is 0 Å². The standard InChI is InChI=1S/C18H27N3O2/c1-16(2)21(14-17-6-4-3-5-7-17)9-8-18(23)20-12-10-19(15-22)11-13-20/h3-7,15-16H,8-14H2,1-2H3. The average molecular weight is 317 g/mol. The summed E-state index contributed by atoms with van der Waals surface area (Å²) in [5, 5.41) is 0. The minimum absolute atomic E-state index is 0.189. The number of carbonyl (C=O) groups is 2. The number of piperazine rings is 1. The summed E-state index contributed by atoms with van der Waals surface area (Å²) in [6.45, 7) is 8.55. The maximum absolute atomic E-state index is 12.4. The number of benzene rings is 1. The van der Waals surface area contributed by atoms with Crippen LogP contribution in [0.15, 0.2) is 30.3 Å². The number of nitrogens with zero attached hydrogens (tertiary/aromatic N) is 3. The van der Waals surface area contributed by atoms with Crippen LogP contribution in [0.4, 0.5) is 0 Å². The van der Waals surface area contributed by atoms with Crippen LogP contribution in [0.25, 0.3) is 0 Å². The number of hydrogen-bond donors (Lipinski definition) is 0. The highest BCUT2D eigenvalue weighted by molar-refractivity contribution is 5.76. The van der Waals surface area contributed by atoms with Crippen molar-refractivity contribution in [1.29, 1.82) is 0 Å². The van der Waals surface area contributed by atoms with Crippen molar-refractivity contribution >= 4 is 12.3 Å². The fraction of sp³-hybridized carbons (Fsp3) is 0.556. The van der Waals surface area contributed by atoms with Gasteiger partial charge in [0.05, 0.1) is 0 Å². The van der Waals surface area contributed by atoms with E-state index >= 15 is 0 Å². The third-order valence-corrected chi connectivity index (χ3v) is 4.39. The molecule has 0 aliphatic carbocycles. The number of rotatable bonds is 7. The smallest absolute Gasteiger partial charge is 0.223 e. The molecule has 1 heterocycles. The third-order valence-electron chi connectivity index (χ3n) is 4.39. The lowest BCUT2D eigenvalue weighted by molar-refractivity contribution is -0.135. The van der Waals surface area contributed by atoms with Crippen LogP contribution in [0.5, 0.6) is 0 Å². The second-order valence-corrected chi connectivity index (χ2v) is 6.32. The van der Waals surface area contributed by atoms with E-state index in [-0.39, 0.29) is 5.91 Å². The maximum atomic E-state index is 12.4. The van der Waals surface area contributed by atoms with Gasteiger partial charge in [0, 0.05) is 51.7 Å². The summed E-state index contributed by atoms with van der Waals surface area (Å²) in [5.41, 5.74) is 1.27. The summed E-state index contributed by atoms with van der Waals surface area (Å²) in [7, 11) is 0. The van der Waals surface area contributed by atoms with Crippen molar-refractivity contribution in [3.63, 3.8) is 0 Å². The van der Waals surface area contributed by atoms with Crippen molar-refractivity contribution < 1.29 is 9.59 Å². The molecule has 0 atom stereocenters. The van der Waals surface area contributed by atoms with Crippen molar-refractivity contribution in [1.82, 2.24) is 14.7 Å². The van der Waals surface area contributed by atoms with Gasteiger partial charge in [-0.05, 0) is 19.4 Å². The largest absolute Gasteiger partial charge is 0.342 e. The Balaban J connectivity index is 1.81. The Morgan fingerprint density at radius 3 is 2.39 bits per heavy atom. The summed E-state index contributed by atoms with van der Waals surface area (Å²) in [6.07, 6.45) is 1.40. The molecule has 126 valence electrons. The van der Waals surface area contributed by atoms with Crippen LogP contribution >= 0.6 is 0 Å². The Kier molecular flexibility index (Phi) is 6.59. The van der Waals surface area contributed by atoms with Crippen molar-refractivity contribution in [3.05, 3.63) is 35.9 Å². The minimum Gasteiger partial charge on any atom is -0.342 e. The summed E-state index contributed by atoms with van der Waals surface area (Å²) in [6, 6.07) is 10.8. The summed E-state index contributed by atoms with van der Waals surface area (Å²) >= 11 is 0. The Hall–Kier alpha value is -1.88. The van der Waals surface area contributed by atoms with Gasteiger partial charge in [-0.2, -0.15) is 0 Å². The van der Waals surface area contributed by atoms with Crippen LogP contribution in [0, 0.1) is 0 Å². The van der Waals surface area contributed by atoms with Gasteiger partial charge in [-0.3, -0.25) is 14.5 Å². The van der Waals surface area contributed by atoms with Gasteiger partial charge in [0.1, 0.15) is 0 Å². The number of carbonyl (C=O) groups excluding carboxylic acids is 2. The molecule has 5 heteroatoms. The van der Waals surface area contributed by atoms with Crippen molar-refractivity contribution in [3.8, 4) is 0 Å². The van der Waals surface area contributed by atoms with Crippen LogP contribution < -0.4 is 0 Å². The summed E-state index contributed by atoms with van der Waals surface area (Å²) in [5.74, 6) is 0.189. The van der Waals surface area contributed by atoms with Gasteiger partial charge < -0.3 is 9.80 Å². The highest BCUT2D eigenvalue weighted by Crippen LogP contribution is 2.10. The van der Waals surface area contributed by atoms with Gasteiger partial charge in [-0.25, -0.2) is 0 Å². The second-order valence-electron chi connectivity index (χ2n) is 6.32. The summed E-state index contributed by atoms with van der Waals surface area (Å²) in [4.78, 5) is 29.0. The topological polar surface area (TPSA) is 43.9 Å². The molecule has 1 aliphatic rings.